The minimum Gasteiger partial charge on any atom is -0.399 e. The second-order valence-electron chi connectivity index (χ2n) is 3.43. The van der Waals surface area contributed by atoms with Gasteiger partial charge in [-0.2, -0.15) is 0 Å². The van der Waals surface area contributed by atoms with Gasteiger partial charge in [0.2, 0.25) is 0 Å². The molecular weight excluding hydrogens is 241 g/mol. The van der Waals surface area contributed by atoms with Crippen molar-refractivity contribution in [2.24, 2.45) is 16.5 Å². The first-order valence-corrected chi connectivity index (χ1v) is 5.25. The summed E-state index contributed by atoms with van der Waals surface area (Å²) in [6.45, 7) is 10.0. The number of alkyl halides is 1. The van der Waals surface area contributed by atoms with Gasteiger partial charge in [0, 0.05) is 11.8 Å². The van der Waals surface area contributed by atoms with Crippen LogP contribution in [0.5, 0.6) is 0 Å². The molecule has 0 bridgehead atoms. The van der Waals surface area contributed by atoms with Crippen LogP contribution in [-0.4, -0.2) is 12.9 Å². The Morgan fingerprint density at radius 2 is 1.88 bits per heavy atom. The molecule has 1 unspecified atom stereocenters. The van der Waals surface area contributed by atoms with E-state index in [9.17, 15) is 4.39 Å². The molecule has 1 atom stereocenters. The number of halogens is 2. The van der Waals surface area contributed by atoms with E-state index >= 15 is 0 Å². The number of hydrogen-bond donors (Lipinski definition) is 2. The van der Waals surface area contributed by atoms with E-state index in [1.54, 1.807) is 13.8 Å². The molecule has 3 nitrogen and oxygen atoms in total. The third kappa shape index (κ3) is 4.07. The van der Waals surface area contributed by atoms with E-state index < -0.39 is 6.17 Å². The van der Waals surface area contributed by atoms with E-state index in [1.807, 2.05) is 0 Å². The third-order valence-corrected chi connectivity index (χ3v) is 2.68. The number of rotatable bonds is 5. The van der Waals surface area contributed by atoms with Crippen LogP contribution in [0.15, 0.2) is 51.4 Å². The molecule has 17 heavy (non-hydrogen) atoms. The Morgan fingerprint density at radius 1 is 1.35 bits per heavy atom. The van der Waals surface area contributed by atoms with Crippen LogP contribution < -0.4 is 11.5 Å². The Bertz CT molecular complexity index is 404. The van der Waals surface area contributed by atoms with Crippen LogP contribution in [0.1, 0.15) is 13.8 Å². The molecule has 0 fully saturated rings. The maximum Gasteiger partial charge on any atom is 0.166 e. The normalized spacial score (nSPS) is 16.8. The van der Waals surface area contributed by atoms with Crippen molar-refractivity contribution in [3.05, 3.63) is 46.4 Å². The van der Waals surface area contributed by atoms with E-state index in [2.05, 4.69) is 18.3 Å². The summed E-state index contributed by atoms with van der Waals surface area (Å²) in [5, 5.41) is 0.0867. The average Bonchev–Trinajstić information content (AvgIpc) is 2.32. The highest BCUT2D eigenvalue weighted by atomic mass is 35.5. The largest absolute Gasteiger partial charge is 0.399 e. The predicted octanol–water partition coefficient (Wildman–Crippen LogP) is 2.76. The Labute approximate surface area is 106 Å². The van der Waals surface area contributed by atoms with E-state index in [0.717, 1.165) is 0 Å². The maximum absolute atomic E-state index is 14.0. The van der Waals surface area contributed by atoms with Gasteiger partial charge >= 0.3 is 0 Å². The molecule has 0 saturated heterocycles. The molecule has 0 aromatic rings. The van der Waals surface area contributed by atoms with Crippen molar-refractivity contribution in [3.8, 4) is 0 Å². The van der Waals surface area contributed by atoms with Gasteiger partial charge in [0.25, 0.3) is 0 Å². The maximum atomic E-state index is 14.0. The molecular formula is C12H17ClFN3. The molecule has 0 heterocycles. The number of nitrogens with two attached hydrogens (primary N) is 2. The van der Waals surface area contributed by atoms with E-state index in [-0.39, 0.29) is 16.4 Å². The van der Waals surface area contributed by atoms with Crippen molar-refractivity contribution >= 4 is 18.3 Å². The van der Waals surface area contributed by atoms with Crippen LogP contribution in [0.4, 0.5) is 4.39 Å². The van der Waals surface area contributed by atoms with Crippen molar-refractivity contribution in [1.29, 1.82) is 0 Å². The zero-order valence-electron chi connectivity index (χ0n) is 10.0. The predicted molar refractivity (Wildman–Crippen MR) is 72.4 cm³/mol. The summed E-state index contributed by atoms with van der Waals surface area (Å²) < 4.78 is 14.0. The van der Waals surface area contributed by atoms with Gasteiger partial charge in [0.1, 0.15) is 5.16 Å². The molecule has 0 aromatic carbocycles. The lowest BCUT2D eigenvalue weighted by atomic mass is 10.0. The van der Waals surface area contributed by atoms with Crippen molar-refractivity contribution in [2.45, 2.75) is 20.0 Å². The fourth-order valence-electron chi connectivity index (χ4n) is 1.09. The monoisotopic (exact) mass is 257 g/mol. The molecule has 0 rings (SSSR count). The quantitative estimate of drug-likeness (QED) is 0.452. The molecule has 0 spiro atoms. The molecule has 94 valence electrons. The molecule has 0 aliphatic rings. The molecule has 4 N–H and O–H groups in total. The van der Waals surface area contributed by atoms with E-state index in [1.165, 1.54) is 12.3 Å². The highest BCUT2D eigenvalue weighted by Crippen LogP contribution is 2.22. The van der Waals surface area contributed by atoms with Crippen LogP contribution in [-0.2, 0) is 0 Å². The number of hydrogen-bond acceptors (Lipinski definition) is 3. The van der Waals surface area contributed by atoms with Gasteiger partial charge in [-0.1, -0.05) is 24.3 Å². The summed E-state index contributed by atoms with van der Waals surface area (Å²) in [4.78, 5) is 3.49. The van der Waals surface area contributed by atoms with Gasteiger partial charge < -0.3 is 11.5 Å². The first-order chi connectivity index (χ1) is 7.86. The Kier molecular flexibility index (Phi) is 6.28. The summed E-state index contributed by atoms with van der Waals surface area (Å²) in [5.74, 6) is 0. The standard InChI is InChI=1S/C12H17ClFN3/c1-5-9(6-17-4)10(14)11(15)7(2)8(3)12(13)16/h5-6,10H,1,4,15-16H2,2-3H3/b9-6+,11-7-,12-8-. The first-order valence-electron chi connectivity index (χ1n) is 4.87. The van der Waals surface area contributed by atoms with Gasteiger partial charge in [-0.05, 0) is 31.7 Å². The van der Waals surface area contributed by atoms with Crippen LogP contribution in [0.2, 0.25) is 0 Å². The molecule has 0 radical (unpaired) electrons. The van der Waals surface area contributed by atoms with Gasteiger partial charge in [-0.3, -0.25) is 4.99 Å². The smallest absolute Gasteiger partial charge is 0.166 e. The second kappa shape index (κ2) is 6.91. The topological polar surface area (TPSA) is 64.4 Å². The van der Waals surface area contributed by atoms with Crippen LogP contribution >= 0.6 is 11.6 Å². The summed E-state index contributed by atoms with van der Waals surface area (Å²) >= 11 is 5.63. The molecule has 0 aromatic heterocycles. The minimum absolute atomic E-state index is 0.0286. The Hall–Kier alpha value is -1.55. The molecule has 0 saturated carbocycles. The zero-order valence-corrected chi connectivity index (χ0v) is 10.8. The Morgan fingerprint density at radius 3 is 2.24 bits per heavy atom. The highest BCUT2D eigenvalue weighted by molar-refractivity contribution is 6.29. The number of aliphatic imine (C=N–C) groups is 1. The van der Waals surface area contributed by atoms with Crippen molar-refractivity contribution in [1.82, 2.24) is 0 Å². The molecule has 0 aliphatic carbocycles. The lowest BCUT2D eigenvalue weighted by Gasteiger charge is -2.14. The number of allylic oxidation sites excluding steroid dienone is 4. The van der Waals surface area contributed by atoms with Crippen LogP contribution in [0.25, 0.3) is 0 Å². The zero-order chi connectivity index (χ0) is 13.6. The summed E-state index contributed by atoms with van der Waals surface area (Å²) in [5.41, 5.74) is 12.4. The Balaban J connectivity index is 5.43. The molecule has 0 amide bonds. The van der Waals surface area contributed by atoms with Gasteiger partial charge in [-0.15, -0.1) is 0 Å². The fraction of sp³-hybridized carbons (Fsp3) is 0.250. The van der Waals surface area contributed by atoms with Crippen molar-refractivity contribution < 1.29 is 4.39 Å². The highest BCUT2D eigenvalue weighted by Gasteiger charge is 2.17. The SMILES string of the molecule is C=C/C(=C\N=C)C(F)/C(N)=C(C)/C(C)=C(\N)Cl. The molecule has 0 aliphatic heterocycles. The lowest BCUT2D eigenvalue weighted by molar-refractivity contribution is 0.431. The van der Waals surface area contributed by atoms with E-state index in [0.29, 0.717) is 11.1 Å². The van der Waals surface area contributed by atoms with Gasteiger partial charge in [0.15, 0.2) is 6.17 Å². The summed E-state index contributed by atoms with van der Waals surface area (Å²) in [6.07, 6.45) is 1.09. The van der Waals surface area contributed by atoms with Crippen LogP contribution in [0.3, 0.4) is 0 Å². The van der Waals surface area contributed by atoms with Crippen molar-refractivity contribution in [3.63, 3.8) is 0 Å². The van der Waals surface area contributed by atoms with E-state index in [4.69, 9.17) is 23.1 Å². The summed E-state index contributed by atoms with van der Waals surface area (Å²) in [7, 11) is 0. The fourth-order valence-corrected chi connectivity index (χ4v) is 1.23. The third-order valence-electron chi connectivity index (χ3n) is 2.40. The summed E-state index contributed by atoms with van der Waals surface area (Å²) in [6, 6.07) is 0. The second-order valence-corrected chi connectivity index (χ2v) is 3.84. The molecule has 5 heteroatoms. The average molecular weight is 258 g/mol. The van der Waals surface area contributed by atoms with Gasteiger partial charge in [-0.25, -0.2) is 4.39 Å². The van der Waals surface area contributed by atoms with Crippen LogP contribution in [0, 0.1) is 0 Å². The van der Waals surface area contributed by atoms with Gasteiger partial charge in [0.05, 0.1) is 5.70 Å². The minimum atomic E-state index is -1.51. The van der Waals surface area contributed by atoms with Crippen molar-refractivity contribution in [2.75, 3.05) is 0 Å². The number of nitrogens with zero attached hydrogens (tertiary/aromatic N) is 1. The first kappa shape index (κ1) is 15.5. The lowest BCUT2D eigenvalue weighted by Crippen LogP contribution is -2.17.